The minimum atomic E-state index is -0.725. The van der Waals surface area contributed by atoms with Crippen molar-refractivity contribution in [2.24, 2.45) is 0 Å². The summed E-state index contributed by atoms with van der Waals surface area (Å²) in [6, 6.07) is 25.7. The standard InChI is InChI=1S/C32H28N2O4/c1-21-7-6-10-25(17-21)29-28(31(36)32(37)34(29)19-23-13-15-33-16-14-23)30(35)26-11-12-27(22(2)18-26)38-20-24-8-4-3-5-9-24/h3-18,29,35H,19-20H2,1-2H3/b30-28-. The summed E-state index contributed by atoms with van der Waals surface area (Å²) >= 11 is 0. The zero-order valence-electron chi connectivity index (χ0n) is 21.3. The largest absolute Gasteiger partial charge is 0.507 e. The molecule has 6 nitrogen and oxygen atoms in total. The van der Waals surface area contributed by atoms with Gasteiger partial charge in [0, 0.05) is 24.5 Å². The molecule has 0 spiro atoms. The highest BCUT2D eigenvalue weighted by molar-refractivity contribution is 6.46. The molecule has 1 saturated heterocycles. The molecule has 38 heavy (non-hydrogen) atoms. The molecule has 2 heterocycles. The first-order valence-corrected chi connectivity index (χ1v) is 12.4. The normalized spacial score (nSPS) is 16.6. The number of aliphatic hydroxyl groups excluding tert-OH is 1. The van der Waals surface area contributed by atoms with Crippen LogP contribution in [0, 0.1) is 13.8 Å². The molecule has 1 aliphatic rings. The van der Waals surface area contributed by atoms with Crippen LogP contribution < -0.4 is 4.74 Å². The number of likely N-dealkylation sites (tertiary alicyclic amines) is 1. The lowest BCUT2D eigenvalue weighted by Gasteiger charge is -2.25. The Balaban J connectivity index is 1.52. The third kappa shape index (κ3) is 5.06. The van der Waals surface area contributed by atoms with Crippen LogP contribution >= 0.6 is 0 Å². The Morgan fingerprint density at radius 1 is 0.895 bits per heavy atom. The van der Waals surface area contributed by atoms with Crippen LogP contribution in [0.2, 0.25) is 0 Å². The molecule has 1 N–H and O–H groups in total. The zero-order chi connectivity index (χ0) is 26.6. The van der Waals surface area contributed by atoms with Crippen LogP contribution in [0.5, 0.6) is 5.75 Å². The van der Waals surface area contributed by atoms with Gasteiger partial charge in [-0.2, -0.15) is 0 Å². The van der Waals surface area contributed by atoms with Gasteiger partial charge in [-0.25, -0.2) is 0 Å². The summed E-state index contributed by atoms with van der Waals surface area (Å²) in [7, 11) is 0. The average Bonchev–Trinajstić information content (AvgIpc) is 3.18. The lowest BCUT2D eigenvalue weighted by atomic mass is 9.94. The van der Waals surface area contributed by atoms with Crippen LogP contribution in [0.4, 0.5) is 0 Å². The van der Waals surface area contributed by atoms with E-state index in [9.17, 15) is 14.7 Å². The fourth-order valence-electron chi connectivity index (χ4n) is 4.76. The van der Waals surface area contributed by atoms with Crippen molar-refractivity contribution < 1.29 is 19.4 Å². The van der Waals surface area contributed by atoms with Gasteiger partial charge in [-0.3, -0.25) is 14.6 Å². The quantitative estimate of drug-likeness (QED) is 0.193. The summed E-state index contributed by atoms with van der Waals surface area (Å²) in [5.74, 6) is -0.872. The lowest BCUT2D eigenvalue weighted by Crippen LogP contribution is -2.29. The molecule has 0 saturated carbocycles. The van der Waals surface area contributed by atoms with Crippen molar-refractivity contribution >= 4 is 17.4 Å². The van der Waals surface area contributed by atoms with E-state index >= 15 is 0 Å². The van der Waals surface area contributed by atoms with Crippen LogP contribution in [-0.4, -0.2) is 26.7 Å². The number of pyridine rings is 1. The van der Waals surface area contributed by atoms with E-state index in [0.29, 0.717) is 17.9 Å². The number of carbonyl (C=O) groups excluding carboxylic acids is 2. The molecule has 1 unspecified atom stereocenters. The van der Waals surface area contributed by atoms with Gasteiger partial charge in [-0.1, -0.05) is 60.2 Å². The number of carbonyl (C=O) groups is 2. The van der Waals surface area contributed by atoms with Crippen LogP contribution in [0.15, 0.2) is 103 Å². The fourth-order valence-corrected chi connectivity index (χ4v) is 4.76. The Morgan fingerprint density at radius 3 is 2.37 bits per heavy atom. The molecule has 1 aliphatic heterocycles. The van der Waals surface area contributed by atoms with Gasteiger partial charge in [-0.05, 0) is 66.4 Å². The first-order valence-electron chi connectivity index (χ1n) is 12.4. The van der Waals surface area contributed by atoms with Crippen molar-refractivity contribution in [2.75, 3.05) is 0 Å². The van der Waals surface area contributed by atoms with Crippen molar-refractivity contribution in [3.05, 3.63) is 136 Å². The predicted molar refractivity (Wildman–Crippen MR) is 145 cm³/mol. The van der Waals surface area contributed by atoms with Crippen LogP contribution in [0.25, 0.3) is 5.76 Å². The lowest BCUT2D eigenvalue weighted by molar-refractivity contribution is -0.140. The third-order valence-corrected chi connectivity index (χ3v) is 6.69. The number of aromatic nitrogens is 1. The first-order chi connectivity index (χ1) is 18.4. The Bertz CT molecular complexity index is 1510. The highest BCUT2D eigenvalue weighted by Crippen LogP contribution is 2.41. The Labute approximate surface area is 221 Å². The number of ether oxygens (including phenoxy) is 1. The van der Waals surface area contributed by atoms with E-state index in [1.54, 1.807) is 30.6 Å². The Hall–Kier alpha value is -4.71. The average molecular weight is 505 g/mol. The van der Waals surface area contributed by atoms with Crippen LogP contribution in [0.3, 0.4) is 0 Å². The van der Waals surface area contributed by atoms with E-state index in [2.05, 4.69) is 4.98 Å². The molecule has 4 aromatic rings. The fraction of sp³-hybridized carbons (Fsp3) is 0.156. The second kappa shape index (κ2) is 10.7. The van der Waals surface area contributed by atoms with Gasteiger partial charge in [0.15, 0.2) is 0 Å². The molecule has 0 aliphatic carbocycles. The van der Waals surface area contributed by atoms with Gasteiger partial charge in [0.2, 0.25) is 0 Å². The van der Waals surface area contributed by atoms with Gasteiger partial charge in [-0.15, -0.1) is 0 Å². The molecule has 5 rings (SSSR count). The predicted octanol–water partition coefficient (Wildman–Crippen LogP) is 5.90. The van der Waals surface area contributed by atoms with E-state index in [1.807, 2.05) is 80.6 Å². The summed E-state index contributed by atoms with van der Waals surface area (Å²) in [5, 5.41) is 11.4. The summed E-state index contributed by atoms with van der Waals surface area (Å²) < 4.78 is 5.98. The molecule has 0 radical (unpaired) electrons. The minimum Gasteiger partial charge on any atom is -0.507 e. The smallest absolute Gasteiger partial charge is 0.295 e. The molecule has 0 bridgehead atoms. The molecular formula is C32H28N2O4. The van der Waals surface area contributed by atoms with E-state index in [-0.39, 0.29) is 17.9 Å². The van der Waals surface area contributed by atoms with Crippen molar-refractivity contribution in [3.63, 3.8) is 0 Å². The van der Waals surface area contributed by atoms with E-state index in [1.165, 1.54) is 4.90 Å². The monoisotopic (exact) mass is 504 g/mol. The van der Waals surface area contributed by atoms with Crippen molar-refractivity contribution in [3.8, 4) is 5.75 Å². The number of rotatable bonds is 7. The first kappa shape index (κ1) is 25.0. The number of aryl methyl sites for hydroxylation is 2. The van der Waals surface area contributed by atoms with Crippen molar-refractivity contribution in [1.82, 2.24) is 9.88 Å². The maximum atomic E-state index is 13.4. The molecule has 1 aromatic heterocycles. The maximum absolute atomic E-state index is 13.4. The third-order valence-electron chi connectivity index (χ3n) is 6.69. The Morgan fingerprint density at radius 2 is 1.66 bits per heavy atom. The Kier molecular flexibility index (Phi) is 7.05. The zero-order valence-corrected chi connectivity index (χ0v) is 21.3. The molecule has 1 amide bonds. The minimum absolute atomic E-state index is 0.0759. The number of hydrogen-bond donors (Lipinski definition) is 1. The number of ketones is 1. The SMILES string of the molecule is Cc1cccc(C2/C(=C(/O)c3ccc(OCc4ccccc4)c(C)c3)C(=O)C(=O)N2Cc2ccncc2)c1. The van der Waals surface area contributed by atoms with Crippen molar-refractivity contribution in [1.29, 1.82) is 0 Å². The molecule has 6 heteroatoms. The van der Waals surface area contributed by atoms with Crippen LogP contribution in [0.1, 0.15) is 39.4 Å². The highest BCUT2D eigenvalue weighted by atomic mass is 16.5. The summed E-state index contributed by atoms with van der Waals surface area (Å²) in [6.07, 6.45) is 3.30. The molecule has 3 aromatic carbocycles. The van der Waals surface area contributed by atoms with Gasteiger partial charge in [0.25, 0.3) is 11.7 Å². The number of amides is 1. The second-order valence-corrected chi connectivity index (χ2v) is 9.45. The number of Topliss-reactive ketones (excluding diaryl/α,β-unsaturated/α-hetero) is 1. The number of aliphatic hydroxyl groups is 1. The highest BCUT2D eigenvalue weighted by Gasteiger charge is 2.46. The van der Waals surface area contributed by atoms with Gasteiger partial charge < -0.3 is 14.7 Å². The van der Waals surface area contributed by atoms with Gasteiger partial charge in [0.05, 0.1) is 11.6 Å². The second-order valence-electron chi connectivity index (χ2n) is 9.45. The topological polar surface area (TPSA) is 79.7 Å². The molecular weight excluding hydrogens is 476 g/mol. The van der Waals surface area contributed by atoms with Crippen LogP contribution in [-0.2, 0) is 22.7 Å². The van der Waals surface area contributed by atoms with E-state index in [4.69, 9.17) is 4.74 Å². The molecule has 1 fully saturated rings. The number of hydrogen-bond acceptors (Lipinski definition) is 5. The van der Waals surface area contributed by atoms with E-state index in [0.717, 1.165) is 27.8 Å². The number of benzene rings is 3. The maximum Gasteiger partial charge on any atom is 0.295 e. The van der Waals surface area contributed by atoms with E-state index < -0.39 is 17.7 Å². The van der Waals surface area contributed by atoms with Crippen molar-refractivity contribution in [2.45, 2.75) is 33.0 Å². The van der Waals surface area contributed by atoms with Gasteiger partial charge in [0.1, 0.15) is 18.1 Å². The molecule has 1 atom stereocenters. The summed E-state index contributed by atoms with van der Waals surface area (Å²) in [6.45, 7) is 4.47. The summed E-state index contributed by atoms with van der Waals surface area (Å²) in [5.41, 5.74) is 4.98. The van der Waals surface area contributed by atoms with Gasteiger partial charge >= 0.3 is 0 Å². The number of nitrogens with zero attached hydrogens (tertiary/aromatic N) is 2. The molecule has 190 valence electrons. The summed E-state index contributed by atoms with van der Waals surface area (Å²) in [4.78, 5) is 32.2.